The summed E-state index contributed by atoms with van der Waals surface area (Å²) < 4.78 is 4.79. The van der Waals surface area contributed by atoms with Crippen LogP contribution in [-0.2, 0) is 22.6 Å². The normalized spacial score (nSPS) is 19.9. The smallest absolute Gasteiger partial charge is 0.318 e. The molecule has 1 saturated heterocycles. The van der Waals surface area contributed by atoms with Crippen LogP contribution < -0.4 is 5.32 Å². The summed E-state index contributed by atoms with van der Waals surface area (Å²) in [5.74, 6) is 1.05. The van der Waals surface area contributed by atoms with Crippen molar-refractivity contribution in [1.29, 1.82) is 0 Å². The molecule has 1 amide bonds. The first kappa shape index (κ1) is 24.3. The number of nitrogens with zero attached hydrogens (tertiary/aromatic N) is 1. The molecule has 6 heteroatoms. The van der Waals surface area contributed by atoms with E-state index in [9.17, 15) is 9.59 Å². The Bertz CT molecular complexity index is 906. The Hall–Kier alpha value is -2.31. The van der Waals surface area contributed by atoms with Gasteiger partial charge in [0.05, 0.1) is 12.7 Å². The lowest BCUT2D eigenvalue weighted by Crippen LogP contribution is -2.38. The van der Waals surface area contributed by atoms with Gasteiger partial charge in [-0.2, -0.15) is 0 Å². The Kier molecular flexibility index (Phi) is 8.76. The molecule has 0 bridgehead atoms. The number of hydrogen-bond donors (Lipinski definition) is 1. The van der Waals surface area contributed by atoms with E-state index in [1.54, 1.807) is 13.0 Å². The molecule has 0 spiro atoms. The summed E-state index contributed by atoms with van der Waals surface area (Å²) in [6.45, 7) is 10.2. The minimum absolute atomic E-state index is 0.148. The van der Waals surface area contributed by atoms with Gasteiger partial charge in [0.15, 0.2) is 0 Å². The van der Waals surface area contributed by atoms with E-state index in [0.29, 0.717) is 12.1 Å². The number of piperidine rings is 1. The van der Waals surface area contributed by atoms with Gasteiger partial charge >= 0.3 is 5.97 Å². The van der Waals surface area contributed by atoms with E-state index in [1.807, 2.05) is 18.2 Å². The molecule has 2 aromatic carbocycles. The lowest BCUT2D eigenvalue weighted by atomic mass is 9.91. The number of thioether (sulfide) groups is 1. The van der Waals surface area contributed by atoms with Gasteiger partial charge in [0.25, 0.3) is 5.91 Å². The third-order valence-electron chi connectivity index (χ3n) is 5.80. The van der Waals surface area contributed by atoms with Crippen LogP contribution in [0, 0.1) is 11.8 Å². The summed E-state index contributed by atoms with van der Waals surface area (Å²) in [5.41, 5.74) is 2.94. The molecule has 3 atom stereocenters. The Morgan fingerprint density at radius 2 is 1.69 bits per heavy atom. The van der Waals surface area contributed by atoms with Gasteiger partial charge in [0, 0.05) is 31.1 Å². The maximum absolute atomic E-state index is 12.8. The molecular formula is C26H34N2O3S. The van der Waals surface area contributed by atoms with Gasteiger partial charge in [-0.3, -0.25) is 14.5 Å². The number of hydrogen-bond acceptors (Lipinski definition) is 5. The molecule has 32 heavy (non-hydrogen) atoms. The number of benzene rings is 2. The van der Waals surface area contributed by atoms with Gasteiger partial charge in [-0.15, -0.1) is 11.8 Å². The second kappa shape index (κ2) is 11.5. The lowest BCUT2D eigenvalue weighted by molar-refractivity contribution is -0.139. The molecule has 1 fully saturated rings. The maximum Gasteiger partial charge on any atom is 0.318 e. The zero-order valence-corrected chi connectivity index (χ0v) is 20.3. The molecule has 0 saturated carbocycles. The van der Waals surface area contributed by atoms with Crippen molar-refractivity contribution >= 4 is 23.6 Å². The van der Waals surface area contributed by atoms with E-state index >= 15 is 0 Å². The Balaban J connectivity index is 1.56. The average molecular weight is 455 g/mol. The van der Waals surface area contributed by atoms with Crippen LogP contribution in [-0.4, -0.2) is 42.2 Å². The summed E-state index contributed by atoms with van der Waals surface area (Å²) in [4.78, 5) is 27.9. The van der Waals surface area contributed by atoms with E-state index in [-0.39, 0.29) is 17.1 Å². The molecular weight excluding hydrogens is 420 g/mol. The van der Waals surface area contributed by atoms with Gasteiger partial charge in [-0.1, -0.05) is 50.2 Å². The van der Waals surface area contributed by atoms with E-state index in [4.69, 9.17) is 4.74 Å². The molecule has 0 aliphatic carbocycles. The highest BCUT2D eigenvalue weighted by atomic mass is 32.2. The van der Waals surface area contributed by atoms with Gasteiger partial charge in [0.1, 0.15) is 5.25 Å². The second-order valence-corrected chi connectivity index (χ2v) is 10.3. The summed E-state index contributed by atoms with van der Waals surface area (Å²) in [6, 6.07) is 15.8. The number of likely N-dealkylation sites (tertiary alicyclic amines) is 1. The van der Waals surface area contributed by atoms with Crippen LogP contribution >= 0.6 is 11.8 Å². The number of carbonyl (C=O) groups excluding carboxylic acids is 2. The second-order valence-electron chi connectivity index (χ2n) is 8.92. The number of ether oxygens (including phenoxy) is 1. The van der Waals surface area contributed by atoms with E-state index in [2.05, 4.69) is 48.3 Å². The molecule has 1 N–H and O–H groups in total. The van der Waals surface area contributed by atoms with Crippen molar-refractivity contribution in [3.63, 3.8) is 0 Å². The first-order chi connectivity index (χ1) is 15.4. The van der Waals surface area contributed by atoms with Crippen molar-refractivity contribution in [1.82, 2.24) is 10.2 Å². The summed E-state index contributed by atoms with van der Waals surface area (Å²) in [7, 11) is 1.37. The maximum atomic E-state index is 12.8. The predicted octanol–water partition coefficient (Wildman–Crippen LogP) is 4.75. The lowest BCUT2D eigenvalue weighted by Gasteiger charge is -2.35. The highest BCUT2D eigenvalue weighted by molar-refractivity contribution is 8.00. The Morgan fingerprint density at radius 3 is 2.34 bits per heavy atom. The highest BCUT2D eigenvalue weighted by Gasteiger charge is 2.22. The van der Waals surface area contributed by atoms with Crippen molar-refractivity contribution in [3.05, 3.63) is 65.2 Å². The largest absolute Gasteiger partial charge is 0.468 e. The number of methoxy groups -OCH3 is 1. The Morgan fingerprint density at radius 1 is 1.06 bits per heavy atom. The summed E-state index contributed by atoms with van der Waals surface area (Å²) >= 11 is 1.33. The molecule has 172 valence electrons. The third-order valence-corrected chi connectivity index (χ3v) is 6.95. The van der Waals surface area contributed by atoms with Gasteiger partial charge in [0.2, 0.25) is 0 Å². The number of esters is 1. The van der Waals surface area contributed by atoms with Crippen LogP contribution in [0.5, 0.6) is 0 Å². The fourth-order valence-electron chi connectivity index (χ4n) is 4.38. The van der Waals surface area contributed by atoms with Gasteiger partial charge in [-0.25, -0.2) is 0 Å². The summed E-state index contributed by atoms with van der Waals surface area (Å²) in [5, 5.41) is 2.62. The quantitative estimate of drug-likeness (QED) is 0.461. The van der Waals surface area contributed by atoms with Crippen molar-refractivity contribution in [3.8, 4) is 0 Å². The van der Waals surface area contributed by atoms with Crippen LogP contribution in [0.15, 0.2) is 53.4 Å². The first-order valence-corrected chi connectivity index (χ1v) is 12.2. The highest BCUT2D eigenvalue weighted by Crippen LogP contribution is 2.27. The van der Waals surface area contributed by atoms with Crippen molar-refractivity contribution in [2.24, 2.45) is 11.8 Å². The van der Waals surface area contributed by atoms with Crippen LogP contribution in [0.1, 0.15) is 48.7 Å². The molecule has 1 aliphatic heterocycles. The molecule has 1 heterocycles. The fourth-order valence-corrected chi connectivity index (χ4v) is 5.40. The van der Waals surface area contributed by atoms with Crippen molar-refractivity contribution in [2.45, 2.75) is 50.4 Å². The minimum atomic E-state index is -0.382. The SMILES string of the molecule is COC(=O)C(C)Sc1ccccc1C(=O)NCc1ccc(CN2CC(C)CC(C)C2)cc1. The standard InChI is InChI=1S/C26H34N2O3S/c1-18-13-19(2)16-28(15-18)17-22-11-9-21(10-12-22)14-27-25(29)23-7-5-6-8-24(23)32-20(3)26(30)31-4/h5-12,18-20H,13-17H2,1-4H3,(H,27,29). The molecule has 3 unspecified atom stereocenters. The zero-order chi connectivity index (χ0) is 23.1. The fraction of sp³-hybridized carbons (Fsp3) is 0.462. The van der Waals surface area contributed by atoms with Crippen LogP contribution in [0.25, 0.3) is 0 Å². The monoisotopic (exact) mass is 454 g/mol. The molecule has 3 rings (SSSR count). The van der Waals surface area contributed by atoms with Crippen LogP contribution in [0.2, 0.25) is 0 Å². The predicted molar refractivity (Wildman–Crippen MR) is 130 cm³/mol. The topological polar surface area (TPSA) is 58.6 Å². The molecule has 5 nitrogen and oxygen atoms in total. The molecule has 2 aromatic rings. The van der Waals surface area contributed by atoms with Crippen LogP contribution in [0.4, 0.5) is 0 Å². The third kappa shape index (κ3) is 6.84. The van der Waals surface area contributed by atoms with Crippen molar-refractivity contribution < 1.29 is 14.3 Å². The van der Waals surface area contributed by atoms with Gasteiger partial charge in [-0.05, 0) is 48.4 Å². The number of amides is 1. The molecule has 1 aliphatic rings. The van der Waals surface area contributed by atoms with E-state index in [1.165, 1.54) is 30.9 Å². The molecule has 0 radical (unpaired) electrons. The van der Waals surface area contributed by atoms with Gasteiger partial charge < -0.3 is 10.1 Å². The Labute approximate surface area is 195 Å². The zero-order valence-electron chi connectivity index (χ0n) is 19.5. The number of rotatable bonds is 8. The first-order valence-electron chi connectivity index (χ1n) is 11.3. The molecule has 0 aromatic heterocycles. The summed E-state index contributed by atoms with van der Waals surface area (Å²) in [6.07, 6.45) is 1.32. The van der Waals surface area contributed by atoms with Crippen molar-refractivity contribution in [2.75, 3.05) is 20.2 Å². The average Bonchev–Trinajstić information content (AvgIpc) is 2.77. The van der Waals surface area contributed by atoms with Crippen LogP contribution in [0.3, 0.4) is 0 Å². The minimum Gasteiger partial charge on any atom is -0.468 e. The number of nitrogens with one attached hydrogen (secondary N) is 1. The number of carbonyl (C=O) groups is 2. The van der Waals surface area contributed by atoms with E-state index in [0.717, 1.165) is 41.9 Å². The van der Waals surface area contributed by atoms with E-state index < -0.39 is 0 Å².